The summed E-state index contributed by atoms with van der Waals surface area (Å²) in [4.78, 5) is 36.3. The lowest BCUT2D eigenvalue weighted by atomic mass is 10.1. The Morgan fingerprint density at radius 3 is 2.49 bits per heavy atom. The van der Waals surface area contributed by atoms with Gasteiger partial charge >= 0.3 is 11.8 Å². The van der Waals surface area contributed by atoms with Crippen molar-refractivity contribution in [3.63, 3.8) is 0 Å². The van der Waals surface area contributed by atoms with Gasteiger partial charge in [0.25, 0.3) is 5.91 Å². The van der Waals surface area contributed by atoms with Crippen LogP contribution in [0.5, 0.6) is 11.5 Å². The molecular weight excluding hydrogens is 611 g/mol. The van der Waals surface area contributed by atoms with E-state index in [1.165, 1.54) is 13.3 Å². The molecule has 3 N–H and O–H groups in total. The molecule has 0 bridgehead atoms. The van der Waals surface area contributed by atoms with Crippen LogP contribution in [0, 0.1) is 10.5 Å². The predicted octanol–water partition coefficient (Wildman–Crippen LogP) is 4.05. The number of aryl methyl sites for hydroxylation is 1. The Hall–Kier alpha value is -3.64. The van der Waals surface area contributed by atoms with E-state index in [1.807, 2.05) is 53.8 Å². The number of amides is 3. The molecule has 0 fully saturated rings. The zero-order chi connectivity index (χ0) is 26.8. The molecule has 0 spiro atoms. The maximum atomic E-state index is 12.3. The van der Waals surface area contributed by atoms with Crippen molar-refractivity contribution < 1.29 is 23.9 Å². The number of ether oxygens (including phenoxy) is 2. The molecule has 192 valence electrons. The van der Waals surface area contributed by atoms with Crippen LogP contribution in [0.2, 0.25) is 5.02 Å². The Morgan fingerprint density at radius 2 is 1.78 bits per heavy atom. The van der Waals surface area contributed by atoms with Crippen LogP contribution in [0.25, 0.3) is 0 Å². The van der Waals surface area contributed by atoms with E-state index in [2.05, 4.69) is 21.2 Å². The first-order chi connectivity index (χ1) is 17.8. The monoisotopic (exact) mass is 634 g/mol. The van der Waals surface area contributed by atoms with Gasteiger partial charge < -0.3 is 20.1 Å². The fourth-order valence-corrected chi connectivity index (χ4v) is 3.99. The van der Waals surface area contributed by atoms with Crippen molar-refractivity contribution in [2.24, 2.45) is 5.10 Å². The second-order valence-corrected chi connectivity index (χ2v) is 9.29. The number of benzene rings is 3. The van der Waals surface area contributed by atoms with Crippen LogP contribution in [0.15, 0.2) is 65.8 Å². The van der Waals surface area contributed by atoms with Gasteiger partial charge in [-0.3, -0.25) is 14.4 Å². The molecule has 3 amide bonds. The van der Waals surface area contributed by atoms with Crippen molar-refractivity contribution >= 4 is 63.8 Å². The summed E-state index contributed by atoms with van der Waals surface area (Å²) in [5.41, 5.74) is 5.24. The van der Waals surface area contributed by atoms with E-state index in [1.54, 1.807) is 36.4 Å². The summed E-state index contributed by atoms with van der Waals surface area (Å²) in [6, 6.07) is 17.8. The third-order valence-electron chi connectivity index (χ3n) is 4.91. The van der Waals surface area contributed by atoms with Crippen molar-refractivity contribution in [2.45, 2.75) is 13.5 Å². The molecule has 0 heterocycles. The summed E-state index contributed by atoms with van der Waals surface area (Å²) in [6.07, 6.45) is 1.36. The lowest BCUT2D eigenvalue weighted by molar-refractivity contribution is -0.139. The number of nitrogens with one attached hydrogen (secondary N) is 3. The highest BCUT2D eigenvalue weighted by Crippen LogP contribution is 2.33. The van der Waals surface area contributed by atoms with Gasteiger partial charge in [0.2, 0.25) is 0 Å². The van der Waals surface area contributed by atoms with Gasteiger partial charge in [-0.05, 0) is 64.9 Å². The quantitative estimate of drug-likeness (QED) is 0.142. The molecule has 0 unspecified atom stereocenters. The van der Waals surface area contributed by atoms with Crippen LogP contribution in [-0.2, 0) is 20.9 Å². The Balaban J connectivity index is 1.54. The Kier molecular flexibility index (Phi) is 10.3. The molecule has 0 atom stereocenters. The summed E-state index contributed by atoms with van der Waals surface area (Å²) in [6.45, 7) is 1.93. The highest BCUT2D eigenvalue weighted by atomic mass is 127. The number of hydrogen-bond acceptors (Lipinski definition) is 6. The highest BCUT2D eigenvalue weighted by Gasteiger charge is 2.15. The molecule has 0 saturated heterocycles. The minimum absolute atomic E-state index is 0.226. The van der Waals surface area contributed by atoms with E-state index in [9.17, 15) is 14.4 Å². The van der Waals surface area contributed by atoms with Crippen molar-refractivity contribution in [1.29, 1.82) is 0 Å². The standard InChI is InChI=1S/C26H24ClIN4O5/c1-16-7-9-17(10-8-16)13-29-25(34)26(35)32-30-14-18-11-20(28)24(22(12-18)36-2)37-15-23(33)31-21-6-4-3-5-19(21)27/h3-12,14H,13,15H2,1-2H3,(H,29,34)(H,31,33)(H,32,35)/b30-14-. The van der Waals surface area contributed by atoms with Crippen LogP contribution >= 0.6 is 34.2 Å². The molecule has 0 saturated carbocycles. The lowest BCUT2D eigenvalue weighted by Crippen LogP contribution is -2.37. The molecule has 0 aromatic heterocycles. The molecule has 0 aliphatic heterocycles. The average molecular weight is 635 g/mol. The largest absolute Gasteiger partial charge is 0.493 e. The van der Waals surface area contributed by atoms with E-state index in [-0.39, 0.29) is 19.1 Å². The van der Waals surface area contributed by atoms with Crippen molar-refractivity contribution in [3.8, 4) is 11.5 Å². The number of hydrogen-bond donors (Lipinski definition) is 3. The topological polar surface area (TPSA) is 118 Å². The van der Waals surface area contributed by atoms with Gasteiger partial charge in [-0.25, -0.2) is 5.43 Å². The zero-order valence-electron chi connectivity index (χ0n) is 20.0. The van der Waals surface area contributed by atoms with E-state index >= 15 is 0 Å². The molecule has 0 aliphatic rings. The Morgan fingerprint density at radius 1 is 1.05 bits per heavy atom. The minimum atomic E-state index is -0.894. The Bertz CT molecular complexity index is 1310. The number of hydrazone groups is 1. The first-order valence-electron chi connectivity index (χ1n) is 11.0. The van der Waals surface area contributed by atoms with Gasteiger partial charge in [-0.2, -0.15) is 5.10 Å². The summed E-state index contributed by atoms with van der Waals surface area (Å²) in [5.74, 6) is -1.35. The second-order valence-electron chi connectivity index (χ2n) is 7.72. The molecule has 0 radical (unpaired) electrons. The first kappa shape index (κ1) is 27.9. The fourth-order valence-electron chi connectivity index (χ4n) is 3.03. The number of rotatable bonds is 9. The fraction of sp³-hybridized carbons (Fsp3) is 0.154. The number of anilines is 1. The van der Waals surface area contributed by atoms with Crippen molar-refractivity contribution in [1.82, 2.24) is 10.7 Å². The maximum absolute atomic E-state index is 12.3. The number of methoxy groups -OCH3 is 1. The molecule has 3 aromatic rings. The van der Waals surface area contributed by atoms with Crippen LogP contribution in [-0.4, -0.2) is 37.7 Å². The molecule has 9 nitrogen and oxygen atoms in total. The van der Waals surface area contributed by atoms with Gasteiger partial charge in [-0.1, -0.05) is 53.6 Å². The van der Waals surface area contributed by atoms with E-state index < -0.39 is 11.8 Å². The van der Waals surface area contributed by atoms with E-state index in [0.29, 0.717) is 31.3 Å². The van der Waals surface area contributed by atoms with Crippen LogP contribution in [0.4, 0.5) is 5.69 Å². The summed E-state index contributed by atoms with van der Waals surface area (Å²) >= 11 is 8.10. The summed E-state index contributed by atoms with van der Waals surface area (Å²) in [7, 11) is 1.46. The van der Waals surface area contributed by atoms with Gasteiger partial charge in [0.05, 0.1) is 27.6 Å². The third-order valence-corrected chi connectivity index (χ3v) is 6.04. The van der Waals surface area contributed by atoms with E-state index in [0.717, 1.165) is 11.1 Å². The van der Waals surface area contributed by atoms with Crippen molar-refractivity contribution in [3.05, 3.63) is 85.9 Å². The average Bonchev–Trinajstić information content (AvgIpc) is 2.88. The number of para-hydroxylation sites is 1. The summed E-state index contributed by atoms with van der Waals surface area (Å²) < 4.78 is 11.7. The second kappa shape index (κ2) is 13.6. The number of nitrogens with zero attached hydrogens (tertiary/aromatic N) is 1. The summed E-state index contributed by atoms with van der Waals surface area (Å²) in [5, 5.41) is 9.49. The first-order valence-corrected chi connectivity index (χ1v) is 12.4. The highest BCUT2D eigenvalue weighted by molar-refractivity contribution is 14.1. The van der Waals surface area contributed by atoms with Crippen LogP contribution in [0.3, 0.4) is 0 Å². The molecular formula is C26H24ClIN4O5. The minimum Gasteiger partial charge on any atom is -0.493 e. The number of carbonyl (C=O) groups is 3. The van der Waals surface area contributed by atoms with Gasteiger partial charge in [-0.15, -0.1) is 0 Å². The van der Waals surface area contributed by atoms with Crippen molar-refractivity contribution in [2.75, 3.05) is 19.0 Å². The SMILES string of the molecule is COc1cc(/C=N\NC(=O)C(=O)NCc2ccc(C)cc2)cc(I)c1OCC(=O)Nc1ccccc1Cl. The normalized spacial score (nSPS) is 10.6. The van der Waals surface area contributed by atoms with Crippen LogP contribution < -0.4 is 25.5 Å². The molecule has 0 aliphatic carbocycles. The maximum Gasteiger partial charge on any atom is 0.329 e. The lowest BCUT2D eigenvalue weighted by Gasteiger charge is -2.14. The molecule has 37 heavy (non-hydrogen) atoms. The Labute approximate surface area is 232 Å². The van der Waals surface area contributed by atoms with Gasteiger partial charge in [0.1, 0.15) is 0 Å². The number of halogens is 2. The van der Waals surface area contributed by atoms with Crippen LogP contribution in [0.1, 0.15) is 16.7 Å². The molecule has 11 heteroatoms. The molecule has 3 rings (SSSR count). The number of carbonyl (C=O) groups excluding carboxylic acids is 3. The zero-order valence-corrected chi connectivity index (χ0v) is 22.9. The smallest absolute Gasteiger partial charge is 0.329 e. The third kappa shape index (κ3) is 8.46. The van der Waals surface area contributed by atoms with Gasteiger partial charge in [0.15, 0.2) is 18.1 Å². The van der Waals surface area contributed by atoms with Gasteiger partial charge in [0, 0.05) is 6.54 Å². The molecule has 3 aromatic carbocycles. The predicted molar refractivity (Wildman–Crippen MR) is 150 cm³/mol. The van der Waals surface area contributed by atoms with E-state index in [4.69, 9.17) is 21.1 Å².